The number of carbonyl (C=O) groups excluding carboxylic acids is 1. The molecule has 6 nitrogen and oxygen atoms in total. The number of benzene rings is 1. The lowest BCUT2D eigenvalue weighted by atomic mass is 10.0. The standard InChI is InChI=1S/C20H18ClN5O/c1-11-14-7-12(9-22-19(14)25(2)24-11)20(27)26-6-5-18-16(10-26)15-8-13(21)3-4-17(15)23-18/h3-4,7-9,23H,5-6,10H2,1-2H3. The Hall–Kier alpha value is -2.86. The highest BCUT2D eigenvalue weighted by Crippen LogP contribution is 2.30. The van der Waals surface area contributed by atoms with Gasteiger partial charge < -0.3 is 9.88 Å². The molecular weight excluding hydrogens is 362 g/mol. The van der Waals surface area contributed by atoms with Crippen LogP contribution in [0, 0.1) is 6.92 Å². The van der Waals surface area contributed by atoms with E-state index in [-0.39, 0.29) is 5.91 Å². The first-order valence-corrected chi connectivity index (χ1v) is 9.26. The fraction of sp³-hybridized carbons (Fsp3) is 0.250. The van der Waals surface area contributed by atoms with Crippen molar-refractivity contribution in [1.82, 2.24) is 24.6 Å². The van der Waals surface area contributed by atoms with E-state index in [4.69, 9.17) is 11.6 Å². The number of hydrogen-bond donors (Lipinski definition) is 1. The number of halogens is 1. The van der Waals surface area contributed by atoms with Crippen LogP contribution in [0.1, 0.15) is 27.3 Å². The molecule has 3 aromatic heterocycles. The summed E-state index contributed by atoms with van der Waals surface area (Å²) in [6, 6.07) is 7.73. The van der Waals surface area contributed by atoms with Gasteiger partial charge in [0, 0.05) is 65.3 Å². The summed E-state index contributed by atoms with van der Waals surface area (Å²) in [6.07, 6.45) is 2.45. The van der Waals surface area contributed by atoms with E-state index in [1.165, 1.54) is 5.69 Å². The highest BCUT2D eigenvalue weighted by atomic mass is 35.5. The van der Waals surface area contributed by atoms with Crippen LogP contribution in [0.5, 0.6) is 0 Å². The number of rotatable bonds is 1. The number of aromatic amines is 1. The van der Waals surface area contributed by atoms with Gasteiger partial charge in [0.15, 0.2) is 5.65 Å². The van der Waals surface area contributed by atoms with Crippen LogP contribution >= 0.6 is 11.6 Å². The highest BCUT2D eigenvalue weighted by Gasteiger charge is 2.25. The summed E-state index contributed by atoms with van der Waals surface area (Å²) in [5.41, 5.74) is 5.66. The Kier molecular flexibility index (Phi) is 3.52. The summed E-state index contributed by atoms with van der Waals surface area (Å²) >= 11 is 6.17. The van der Waals surface area contributed by atoms with Gasteiger partial charge in [-0.1, -0.05) is 11.6 Å². The monoisotopic (exact) mass is 379 g/mol. The quantitative estimate of drug-likeness (QED) is 0.549. The normalized spacial score (nSPS) is 14.1. The molecule has 0 unspecified atom stereocenters. The fourth-order valence-electron chi connectivity index (χ4n) is 3.97. The smallest absolute Gasteiger partial charge is 0.255 e. The summed E-state index contributed by atoms with van der Waals surface area (Å²) in [4.78, 5) is 22.9. The van der Waals surface area contributed by atoms with Crippen molar-refractivity contribution < 1.29 is 4.79 Å². The van der Waals surface area contributed by atoms with E-state index in [0.29, 0.717) is 23.7 Å². The first-order valence-electron chi connectivity index (χ1n) is 8.89. The summed E-state index contributed by atoms with van der Waals surface area (Å²) < 4.78 is 1.74. The van der Waals surface area contributed by atoms with E-state index in [2.05, 4.69) is 15.1 Å². The Balaban J connectivity index is 1.51. The van der Waals surface area contributed by atoms with E-state index in [9.17, 15) is 4.79 Å². The Morgan fingerprint density at radius 1 is 1.26 bits per heavy atom. The molecular formula is C20H18ClN5O. The van der Waals surface area contributed by atoms with Gasteiger partial charge in [-0.05, 0) is 31.2 Å². The maximum Gasteiger partial charge on any atom is 0.255 e. The van der Waals surface area contributed by atoms with E-state index in [1.54, 1.807) is 10.9 Å². The van der Waals surface area contributed by atoms with Gasteiger partial charge in [0.1, 0.15) is 0 Å². The molecule has 1 amide bonds. The number of carbonyl (C=O) groups is 1. The summed E-state index contributed by atoms with van der Waals surface area (Å²) in [7, 11) is 1.86. The topological polar surface area (TPSA) is 66.8 Å². The van der Waals surface area contributed by atoms with Crippen molar-refractivity contribution in [2.75, 3.05) is 6.54 Å². The van der Waals surface area contributed by atoms with Gasteiger partial charge in [-0.15, -0.1) is 0 Å². The third-order valence-electron chi connectivity index (χ3n) is 5.33. The van der Waals surface area contributed by atoms with Crippen LogP contribution in [0.25, 0.3) is 21.9 Å². The van der Waals surface area contributed by atoms with E-state index in [0.717, 1.165) is 39.6 Å². The Bertz CT molecular complexity index is 1220. The fourth-order valence-corrected chi connectivity index (χ4v) is 4.14. The van der Waals surface area contributed by atoms with Gasteiger partial charge in [0.2, 0.25) is 0 Å². The predicted molar refractivity (Wildman–Crippen MR) is 105 cm³/mol. The van der Waals surface area contributed by atoms with Crippen molar-refractivity contribution in [2.45, 2.75) is 19.9 Å². The van der Waals surface area contributed by atoms with Gasteiger partial charge in [0.25, 0.3) is 5.91 Å². The lowest BCUT2D eigenvalue weighted by Gasteiger charge is -2.27. The van der Waals surface area contributed by atoms with Gasteiger partial charge in [0.05, 0.1) is 11.3 Å². The molecule has 136 valence electrons. The Morgan fingerprint density at radius 2 is 2.11 bits per heavy atom. The minimum absolute atomic E-state index is 0.00492. The second-order valence-electron chi connectivity index (χ2n) is 7.05. The number of hydrogen-bond acceptors (Lipinski definition) is 3. The lowest BCUT2D eigenvalue weighted by molar-refractivity contribution is 0.0735. The molecule has 0 bridgehead atoms. The van der Waals surface area contributed by atoms with Gasteiger partial charge in [-0.2, -0.15) is 5.10 Å². The van der Waals surface area contributed by atoms with Crippen molar-refractivity contribution in [3.8, 4) is 0 Å². The second kappa shape index (κ2) is 5.82. The molecule has 1 aromatic carbocycles. The molecule has 4 heterocycles. The van der Waals surface area contributed by atoms with Crippen LogP contribution in [-0.2, 0) is 20.0 Å². The van der Waals surface area contributed by atoms with E-state index >= 15 is 0 Å². The first-order chi connectivity index (χ1) is 13.0. The van der Waals surface area contributed by atoms with E-state index in [1.807, 2.05) is 43.1 Å². The van der Waals surface area contributed by atoms with Crippen LogP contribution in [0.2, 0.25) is 5.02 Å². The molecule has 4 aromatic rings. The second-order valence-corrected chi connectivity index (χ2v) is 7.49. The molecule has 27 heavy (non-hydrogen) atoms. The van der Waals surface area contributed by atoms with Crippen molar-refractivity contribution >= 4 is 39.4 Å². The number of fused-ring (bicyclic) bond motifs is 4. The SMILES string of the molecule is Cc1nn(C)c2ncc(C(=O)N3CCc4[nH]c5ccc(Cl)cc5c4C3)cc12. The maximum absolute atomic E-state index is 13.1. The minimum atomic E-state index is -0.00492. The van der Waals surface area contributed by atoms with Crippen LogP contribution < -0.4 is 0 Å². The average Bonchev–Trinajstić information content (AvgIpc) is 3.17. The largest absolute Gasteiger partial charge is 0.358 e. The Labute approximate surface area is 160 Å². The lowest BCUT2D eigenvalue weighted by Crippen LogP contribution is -2.35. The molecule has 0 radical (unpaired) electrons. The van der Waals surface area contributed by atoms with Crippen LogP contribution in [-0.4, -0.2) is 37.1 Å². The number of aryl methyl sites for hydroxylation is 2. The minimum Gasteiger partial charge on any atom is -0.358 e. The van der Waals surface area contributed by atoms with Gasteiger partial charge in [-0.25, -0.2) is 4.98 Å². The van der Waals surface area contributed by atoms with Crippen LogP contribution in [0.4, 0.5) is 0 Å². The zero-order chi connectivity index (χ0) is 18.7. The van der Waals surface area contributed by atoms with Crippen molar-refractivity contribution in [2.24, 2.45) is 7.05 Å². The third-order valence-corrected chi connectivity index (χ3v) is 5.57. The summed E-state index contributed by atoms with van der Waals surface area (Å²) in [5, 5.41) is 7.09. The maximum atomic E-state index is 13.1. The number of amides is 1. The predicted octanol–water partition coefficient (Wildman–Crippen LogP) is 3.61. The zero-order valence-corrected chi connectivity index (χ0v) is 15.8. The number of aromatic nitrogens is 4. The summed E-state index contributed by atoms with van der Waals surface area (Å²) in [6.45, 7) is 3.18. The van der Waals surface area contributed by atoms with Crippen molar-refractivity contribution in [3.05, 3.63) is 58.0 Å². The van der Waals surface area contributed by atoms with Gasteiger partial charge >= 0.3 is 0 Å². The number of nitrogens with zero attached hydrogens (tertiary/aromatic N) is 4. The third kappa shape index (κ3) is 2.51. The average molecular weight is 380 g/mol. The molecule has 5 rings (SSSR count). The van der Waals surface area contributed by atoms with E-state index < -0.39 is 0 Å². The molecule has 1 aliphatic heterocycles. The first kappa shape index (κ1) is 16.3. The molecule has 7 heteroatoms. The van der Waals surface area contributed by atoms with Gasteiger partial charge in [-0.3, -0.25) is 9.48 Å². The number of nitrogens with one attached hydrogen (secondary N) is 1. The van der Waals surface area contributed by atoms with Crippen molar-refractivity contribution in [3.63, 3.8) is 0 Å². The molecule has 1 N–H and O–H groups in total. The molecule has 0 aliphatic carbocycles. The molecule has 0 atom stereocenters. The van der Waals surface area contributed by atoms with Crippen LogP contribution in [0.15, 0.2) is 30.5 Å². The summed E-state index contributed by atoms with van der Waals surface area (Å²) in [5.74, 6) is -0.00492. The van der Waals surface area contributed by atoms with Crippen LogP contribution in [0.3, 0.4) is 0 Å². The highest BCUT2D eigenvalue weighted by molar-refractivity contribution is 6.31. The molecule has 0 saturated heterocycles. The Morgan fingerprint density at radius 3 is 2.96 bits per heavy atom. The molecule has 1 aliphatic rings. The number of H-pyrrole nitrogens is 1. The molecule has 0 fully saturated rings. The molecule has 0 spiro atoms. The molecule has 0 saturated carbocycles. The number of pyridine rings is 1. The zero-order valence-electron chi connectivity index (χ0n) is 15.1. The van der Waals surface area contributed by atoms with Crippen molar-refractivity contribution in [1.29, 1.82) is 0 Å².